The molecule has 1 atom stereocenters. The first-order valence-electron chi connectivity index (χ1n) is 6.22. The van der Waals surface area contributed by atoms with Crippen LogP contribution in [0.15, 0.2) is 30.3 Å². The number of nitriles is 1. The van der Waals surface area contributed by atoms with E-state index in [2.05, 4.69) is 56.4 Å². The van der Waals surface area contributed by atoms with Crippen LogP contribution in [-0.4, -0.2) is 11.6 Å². The van der Waals surface area contributed by atoms with E-state index in [0.29, 0.717) is 0 Å². The summed E-state index contributed by atoms with van der Waals surface area (Å²) in [5, 5.41) is 12.4. The quantitative estimate of drug-likeness (QED) is 0.842. The number of hydrogen-bond acceptors (Lipinski definition) is 2. The maximum Gasteiger partial charge on any atom is 0.0957 e. The van der Waals surface area contributed by atoms with E-state index in [-0.39, 0.29) is 11.6 Å². The third-order valence-corrected chi connectivity index (χ3v) is 2.56. The average molecular weight is 230 g/mol. The molecule has 1 aromatic carbocycles. The topological polar surface area (TPSA) is 35.8 Å². The Morgan fingerprint density at radius 1 is 1.24 bits per heavy atom. The highest BCUT2D eigenvalue weighted by atomic mass is 15.0. The fourth-order valence-electron chi connectivity index (χ4n) is 1.85. The molecule has 0 aliphatic rings. The maximum atomic E-state index is 9.07. The highest BCUT2D eigenvalue weighted by molar-refractivity contribution is 5.14. The SMILES string of the molecule is CC(C)(C)NC(C#N)CCCc1ccccc1. The van der Waals surface area contributed by atoms with E-state index in [0.717, 1.165) is 19.3 Å². The second kappa shape index (κ2) is 6.42. The Morgan fingerprint density at radius 3 is 2.41 bits per heavy atom. The summed E-state index contributed by atoms with van der Waals surface area (Å²) >= 11 is 0. The molecule has 1 aromatic rings. The molecule has 0 aliphatic heterocycles. The van der Waals surface area contributed by atoms with Gasteiger partial charge < -0.3 is 0 Å². The Labute approximate surface area is 105 Å². The molecule has 0 radical (unpaired) electrons. The van der Waals surface area contributed by atoms with Crippen molar-refractivity contribution in [1.82, 2.24) is 5.32 Å². The summed E-state index contributed by atoms with van der Waals surface area (Å²) in [5.74, 6) is 0. The van der Waals surface area contributed by atoms with Gasteiger partial charge in [-0.2, -0.15) is 5.26 Å². The van der Waals surface area contributed by atoms with Crippen LogP contribution >= 0.6 is 0 Å². The van der Waals surface area contributed by atoms with Crippen LogP contribution in [-0.2, 0) is 6.42 Å². The van der Waals surface area contributed by atoms with Crippen molar-refractivity contribution < 1.29 is 0 Å². The van der Waals surface area contributed by atoms with E-state index in [1.54, 1.807) is 0 Å². The van der Waals surface area contributed by atoms with Gasteiger partial charge in [-0.3, -0.25) is 5.32 Å². The summed E-state index contributed by atoms with van der Waals surface area (Å²) < 4.78 is 0. The smallest absolute Gasteiger partial charge is 0.0957 e. The van der Waals surface area contributed by atoms with Crippen LogP contribution in [0.4, 0.5) is 0 Å². The largest absolute Gasteiger partial charge is 0.297 e. The predicted molar refractivity (Wildman–Crippen MR) is 71.7 cm³/mol. The van der Waals surface area contributed by atoms with Gasteiger partial charge in [0.15, 0.2) is 0 Å². The lowest BCUT2D eigenvalue weighted by atomic mass is 10.0. The van der Waals surface area contributed by atoms with E-state index in [1.165, 1.54) is 5.56 Å². The Balaban J connectivity index is 2.32. The number of nitrogens with one attached hydrogen (secondary N) is 1. The van der Waals surface area contributed by atoms with E-state index >= 15 is 0 Å². The predicted octanol–water partition coefficient (Wildman–Crippen LogP) is 3.29. The van der Waals surface area contributed by atoms with E-state index in [4.69, 9.17) is 5.26 Å². The lowest BCUT2D eigenvalue weighted by Gasteiger charge is -2.24. The van der Waals surface area contributed by atoms with Gasteiger partial charge in [-0.15, -0.1) is 0 Å². The van der Waals surface area contributed by atoms with Gasteiger partial charge >= 0.3 is 0 Å². The van der Waals surface area contributed by atoms with Crippen LogP contribution in [0.1, 0.15) is 39.2 Å². The number of nitrogens with zero attached hydrogens (tertiary/aromatic N) is 1. The standard InChI is InChI=1S/C15H22N2/c1-15(2,3)17-14(12-16)11-7-10-13-8-5-4-6-9-13/h4-6,8-9,14,17H,7,10-11H2,1-3H3. The van der Waals surface area contributed by atoms with Crippen molar-refractivity contribution in [2.45, 2.75) is 51.6 Å². The lowest BCUT2D eigenvalue weighted by molar-refractivity contribution is 0.380. The van der Waals surface area contributed by atoms with Crippen molar-refractivity contribution in [3.63, 3.8) is 0 Å². The number of aryl methyl sites for hydroxylation is 1. The first kappa shape index (κ1) is 13.7. The van der Waals surface area contributed by atoms with Crippen molar-refractivity contribution in [2.75, 3.05) is 0 Å². The lowest BCUT2D eigenvalue weighted by Crippen LogP contribution is -2.42. The molecule has 1 unspecified atom stereocenters. The molecule has 17 heavy (non-hydrogen) atoms. The van der Waals surface area contributed by atoms with Gasteiger partial charge in [0.05, 0.1) is 12.1 Å². The Morgan fingerprint density at radius 2 is 1.88 bits per heavy atom. The second-order valence-corrected chi connectivity index (χ2v) is 5.45. The fraction of sp³-hybridized carbons (Fsp3) is 0.533. The van der Waals surface area contributed by atoms with Crippen LogP contribution in [0, 0.1) is 11.3 Å². The zero-order chi connectivity index (χ0) is 12.7. The fourth-order valence-corrected chi connectivity index (χ4v) is 1.85. The maximum absolute atomic E-state index is 9.07. The minimum atomic E-state index is -0.0429. The highest BCUT2D eigenvalue weighted by Crippen LogP contribution is 2.09. The van der Waals surface area contributed by atoms with Gasteiger partial charge in [0.2, 0.25) is 0 Å². The Hall–Kier alpha value is -1.33. The van der Waals surface area contributed by atoms with Crippen molar-refractivity contribution >= 4 is 0 Å². The first-order valence-corrected chi connectivity index (χ1v) is 6.22. The minimum Gasteiger partial charge on any atom is -0.297 e. The van der Waals surface area contributed by atoms with Crippen molar-refractivity contribution in [3.05, 3.63) is 35.9 Å². The molecule has 1 rings (SSSR count). The molecular formula is C15H22N2. The molecule has 0 saturated carbocycles. The number of rotatable bonds is 5. The molecule has 0 saturated heterocycles. The van der Waals surface area contributed by atoms with Gasteiger partial charge in [-0.1, -0.05) is 30.3 Å². The van der Waals surface area contributed by atoms with Gasteiger partial charge in [-0.25, -0.2) is 0 Å². The van der Waals surface area contributed by atoms with E-state index in [1.807, 2.05) is 6.07 Å². The van der Waals surface area contributed by atoms with Crippen LogP contribution in [0.25, 0.3) is 0 Å². The zero-order valence-electron chi connectivity index (χ0n) is 11.0. The normalized spacial score (nSPS) is 13.1. The van der Waals surface area contributed by atoms with Crippen molar-refractivity contribution in [3.8, 4) is 6.07 Å². The molecule has 0 aromatic heterocycles. The average Bonchev–Trinajstić information content (AvgIpc) is 2.27. The van der Waals surface area contributed by atoms with Crippen LogP contribution < -0.4 is 5.32 Å². The summed E-state index contributed by atoms with van der Waals surface area (Å²) in [7, 11) is 0. The Bertz CT molecular complexity index is 357. The molecule has 0 aliphatic carbocycles. The van der Waals surface area contributed by atoms with Crippen LogP contribution in [0.5, 0.6) is 0 Å². The monoisotopic (exact) mass is 230 g/mol. The summed E-state index contributed by atoms with van der Waals surface area (Å²) in [5.41, 5.74) is 1.35. The minimum absolute atomic E-state index is 0.00709. The van der Waals surface area contributed by atoms with Crippen LogP contribution in [0.2, 0.25) is 0 Å². The molecule has 0 spiro atoms. The molecular weight excluding hydrogens is 208 g/mol. The van der Waals surface area contributed by atoms with Gasteiger partial charge in [-0.05, 0) is 45.6 Å². The molecule has 0 fully saturated rings. The third kappa shape index (κ3) is 6.09. The summed E-state index contributed by atoms with van der Waals surface area (Å²) in [6, 6.07) is 12.7. The molecule has 0 bridgehead atoms. The van der Waals surface area contributed by atoms with E-state index in [9.17, 15) is 0 Å². The molecule has 0 heterocycles. The van der Waals surface area contributed by atoms with Gasteiger partial charge in [0, 0.05) is 5.54 Å². The zero-order valence-corrected chi connectivity index (χ0v) is 11.0. The highest BCUT2D eigenvalue weighted by Gasteiger charge is 2.15. The van der Waals surface area contributed by atoms with Gasteiger partial charge in [0.25, 0.3) is 0 Å². The van der Waals surface area contributed by atoms with E-state index < -0.39 is 0 Å². The van der Waals surface area contributed by atoms with Crippen LogP contribution in [0.3, 0.4) is 0 Å². The summed E-state index contributed by atoms with van der Waals surface area (Å²) in [6.45, 7) is 6.28. The van der Waals surface area contributed by atoms with Crippen molar-refractivity contribution in [1.29, 1.82) is 5.26 Å². The molecule has 1 N–H and O–H groups in total. The summed E-state index contributed by atoms with van der Waals surface area (Å²) in [4.78, 5) is 0. The second-order valence-electron chi connectivity index (χ2n) is 5.45. The molecule has 2 heteroatoms. The number of hydrogen-bond donors (Lipinski definition) is 1. The molecule has 2 nitrogen and oxygen atoms in total. The third-order valence-electron chi connectivity index (χ3n) is 2.56. The van der Waals surface area contributed by atoms with Crippen molar-refractivity contribution in [2.24, 2.45) is 0 Å². The number of benzene rings is 1. The molecule has 0 amide bonds. The molecule has 92 valence electrons. The summed E-state index contributed by atoms with van der Waals surface area (Å²) in [6.07, 6.45) is 3.00. The van der Waals surface area contributed by atoms with Gasteiger partial charge in [0.1, 0.15) is 0 Å². The first-order chi connectivity index (χ1) is 8.01. The Kier molecular flexibility index (Phi) is 5.18.